The van der Waals surface area contributed by atoms with Crippen molar-refractivity contribution >= 4 is 5.82 Å². The number of hydrogen-bond donors (Lipinski definition) is 1. The van der Waals surface area contributed by atoms with Crippen LogP contribution in [0, 0.1) is 11.6 Å². The predicted molar refractivity (Wildman–Crippen MR) is 56.2 cm³/mol. The molecule has 1 fully saturated rings. The fourth-order valence-corrected chi connectivity index (χ4v) is 1.79. The van der Waals surface area contributed by atoms with E-state index in [0.717, 1.165) is 31.7 Å². The van der Waals surface area contributed by atoms with Crippen LogP contribution in [0.15, 0.2) is 12.3 Å². The zero-order valence-electron chi connectivity index (χ0n) is 9.09. The molecule has 0 saturated carbocycles. The number of hydrogen-bond acceptors (Lipinski definition) is 3. The zero-order chi connectivity index (χ0) is 11.6. The van der Waals surface area contributed by atoms with E-state index in [2.05, 4.69) is 10.3 Å². The summed E-state index contributed by atoms with van der Waals surface area (Å²) in [5.41, 5.74) is -0.275. The third kappa shape index (κ3) is 2.47. The molecule has 3 nitrogen and oxygen atoms in total. The Hall–Kier alpha value is -1.23. The first-order valence-electron chi connectivity index (χ1n) is 5.28. The molecule has 0 amide bonds. The van der Waals surface area contributed by atoms with Crippen LogP contribution >= 0.6 is 0 Å². The highest BCUT2D eigenvalue weighted by atomic mass is 19.1. The van der Waals surface area contributed by atoms with E-state index >= 15 is 0 Å². The summed E-state index contributed by atoms with van der Waals surface area (Å²) in [5.74, 6) is -1.29. The van der Waals surface area contributed by atoms with Gasteiger partial charge in [0.2, 0.25) is 0 Å². The summed E-state index contributed by atoms with van der Waals surface area (Å²) in [5, 5.41) is 2.84. The molecule has 1 aromatic heterocycles. The van der Waals surface area contributed by atoms with Gasteiger partial charge in [0.15, 0.2) is 11.6 Å². The largest absolute Gasteiger partial charge is 0.373 e. The molecule has 0 spiro atoms. The third-order valence-electron chi connectivity index (χ3n) is 2.74. The topological polar surface area (TPSA) is 34.2 Å². The van der Waals surface area contributed by atoms with Gasteiger partial charge in [-0.2, -0.15) is 0 Å². The molecule has 0 radical (unpaired) electrons. The number of halogens is 2. The smallest absolute Gasteiger partial charge is 0.168 e. The predicted octanol–water partition coefficient (Wildman–Crippen LogP) is 2.34. The SMILES string of the molecule is CC1(CNc2ncc(F)cc2F)CCCO1. The van der Waals surface area contributed by atoms with Gasteiger partial charge in [-0.1, -0.05) is 0 Å². The van der Waals surface area contributed by atoms with Gasteiger partial charge >= 0.3 is 0 Å². The molecule has 1 aliphatic rings. The van der Waals surface area contributed by atoms with Crippen LogP contribution in [-0.2, 0) is 4.74 Å². The molecule has 2 heterocycles. The van der Waals surface area contributed by atoms with E-state index in [1.54, 1.807) is 0 Å². The van der Waals surface area contributed by atoms with Gasteiger partial charge in [0.25, 0.3) is 0 Å². The summed E-state index contributed by atoms with van der Waals surface area (Å²) in [6, 6.07) is 0.813. The number of rotatable bonds is 3. The van der Waals surface area contributed by atoms with Crippen LogP contribution in [0.2, 0.25) is 0 Å². The molecule has 2 rings (SSSR count). The number of nitrogens with zero attached hydrogens (tertiary/aromatic N) is 1. The van der Waals surface area contributed by atoms with Gasteiger partial charge in [0.05, 0.1) is 11.8 Å². The molecule has 1 saturated heterocycles. The molecule has 0 aliphatic carbocycles. The Kier molecular flexibility index (Phi) is 3.05. The maximum atomic E-state index is 13.2. The quantitative estimate of drug-likeness (QED) is 0.862. The number of pyridine rings is 1. The molecular weight excluding hydrogens is 214 g/mol. The fourth-order valence-electron chi connectivity index (χ4n) is 1.79. The Balaban J connectivity index is 1.99. The first-order valence-corrected chi connectivity index (χ1v) is 5.28. The van der Waals surface area contributed by atoms with Crippen molar-refractivity contribution in [3.8, 4) is 0 Å². The number of ether oxygens (including phenoxy) is 1. The van der Waals surface area contributed by atoms with Crippen molar-refractivity contribution < 1.29 is 13.5 Å². The minimum absolute atomic E-state index is 0.0677. The molecule has 88 valence electrons. The highest BCUT2D eigenvalue weighted by molar-refractivity contribution is 5.36. The molecule has 0 bridgehead atoms. The van der Waals surface area contributed by atoms with E-state index in [9.17, 15) is 8.78 Å². The molecular formula is C11H14F2N2O. The van der Waals surface area contributed by atoms with Crippen molar-refractivity contribution in [1.29, 1.82) is 0 Å². The summed E-state index contributed by atoms with van der Waals surface area (Å²) < 4.78 is 31.4. The number of nitrogens with one attached hydrogen (secondary N) is 1. The van der Waals surface area contributed by atoms with Gasteiger partial charge < -0.3 is 10.1 Å². The Morgan fingerprint density at radius 2 is 2.38 bits per heavy atom. The van der Waals surface area contributed by atoms with Gasteiger partial charge in [-0.05, 0) is 19.8 Å². The summed E-state index contributed by atoms with van der Waals surface area (Å²) in [6.45, 7) is 3.18. The molecule has 1 unspecified atom stereocenters. The molecule has 0 aromatic carbocycles. The maximum absolute atomic E-state index is 13.2. The monoisotopic (exact) mass is 228 g/mol. The van der Waals surface area contributed by atoms with E-state index in [1.807, 2.05) is 6.92 Å². The summed E-state index contributed by atoms with van der Waals surface area (Å²) in [6.07, 6.45) is 2.93. The van der Waals surface area contributed by atoms with Crippen LogP contribution in [0.1, 0.15) is 19.8 Å². The molecule has 1 aromatic rings. The van der Waals surface area contributed by atoms with Crippen LogP contribution in [0.5, 0.6) is 0 Å². The average molecular weight is 228 g/mol. The highest BCUT2D eigenvalue weighted by Gasteiger charge is 2.29. The van der Waals surface area contributed by atoms with Gasteiger partial charge in [0.1, 0.15) is 5.82 Å². The van der Waals surface area contributed by atoms with Crippen molar-refractivity contribution in [3.05, 3.63) is 23.9 Å². The fraction of sp³-hybridized carbons (Fsp3) is 0.545. The van der Waals surface area contributed by atoms with Crippen LogP contribution in [0.3, 0.4) is 0 Å². The minimum atomic E-state index is -0.679. The molecule has 16 heavy (non-hydrogen) atoms. The number of anilines is 1. The molecule has 1 atom stereocenters. The lowest BCUT2D eigenvalue weighted by Gasteiger charge is -2.23. The number of aromatic nitrogens is 1. The molecule has 5 heteroatoms. The first-order chi connectivity index (χ1) is 7.59. The van der Waals surface area contributed by atoms with E-state index < -0.39 is 11.6 Å². The van der Waals surface area contributed by atoms with E-state index in [1.165, 1.54) is 0 Å². The van der Waals surface area contributed by atoms with E-state index in [4.69, 9.17) is 4.74 Å². The van der Waals surface area contributed by atoms with Crippen molar-refractivity contribution in [3.63, 3.8) is 0 Å². The van der Waals surface area contributed by atoms with Gasteiger partial charge in [-0.25, -0.2) is 13.8 Å². The Morgan fingerprint density at radius 1 is 1.56 bits per heavy atom. The average Bonchev–Trinajstić information content (AvgIpc) is 2.64. The lowest BCUT2D eigenvalue weighted by atomic mass is 10.0. The second kappa shape index (κ2) is 4.33. The summed E-state index contributed by atoms with van der Waals surface area (Å²) in [7, 11) is 0. The third-order valence-corrected chi connectivity index (χ3v) is 2.74. The van der Waals surface area contributed by atoms with Crippen molar-refractivity contribution in [2.75, 3.05) is 18.5 Å². The second-order valence-electron chi connectivity index (χ2n) is 4.24. The molecule has 1 N–H and O–H groups in total. The minimum Gasteiger partial charge on any atom is -0.373 e. The molecule has 1 aliphatic heterocycles. The van der Waals surface area contributed by atoms with E-state index in [-0.39, 0.29) is 11.4 Å². The van der Waals surface area contributed by atoms with E-state index in [0.29, 0.717) is 6.54 Å². The standard InChI is InChI=1S/C11H14F2N2O/c1-11(3-2-4-16-11)7-15-10-9(13)5-8(12)6-14-10/h5-6H,2-4,7H2,1H3,(H,14,15). The van der Waals surface area contributed by atoms with Gasteiger partial charge in [-0.3, -0.25) is 0 Å². The van der Waals surface area contributed by atoms with Crippen LogP contribution in [0.4, 0.5) is 14.6 Å². The Bertz CT molecular complexity index is 378. The van der Waals surface area contributed by atoms with Crippen molar-refractivity contribution in [2.45, 2.75) is 25.4 Å². The summed E-state index contributed by atoms with van der Waals surface area (Å²) in [4.78, 5) is 3.65. The zero-order valence-corrected chi connectivity index (χ0v) is 9.09. The Labute approximate surface area is 92.8 Å². The second-order valence-corrected chi connectivity index (χ2v) is 4.24. The maximum Gasteiger partial charge on any atom is 0.168 e. The van der Waals surface area contributed by atoms with Gasteiger partial charge in [0, 0.05) is 19.2 Å². The van der Waals surface area contributed by atoms with Gasteiger partial charge in [-0.15, -0.1) is 0 Å². The van der Waals surface area contributed by atoms with Crippen molar-refractivity contribution in [1.82, 2.24) is 4.98 Å². The van der Waals surface area contributed by atoms with Crippen LogP contribution in [0.25, 0.3) is 0 Å². The lowest BCUT2D eigenvalue weighted by molar-refractivity contribution is 0.0314. The summed E-state index contributed by atoms with van der Waals surface area (Å²) >= 11 is 0. The normalized spacial score (nSPS) is 24.7. The van der Waals surface area contributed by atoms with Crippen LogP contribution < -0.4 is 5.32 Å². The first kappa shape index (κ1) is 11.3. The highest BCUT2D eigenvalue weighted by Crippen LogP contribution is 2.25. The van der Waals surface area contributed by atoms with Crippen LogP contribution in [-0.4, -0.2) is 23.7 Å². The lowest BCUT2D eigenvalue weighted by Crippen LogP contribution is -2.33. The Morgan fingerprint density at radius 3 is 3.00 bits per heavy atom. The van der Waals surface area contributed by atoms with Crippen molar-refractivity contribution in [2.24, 2.45) is 0 Å².